The van der Waals surface area contributed by atoms with Crippen molar-refractivity contribution >= 4 is 23.4 Å². The van der Waals surface area contributed by atoms with Crippen LogP contribution >= 0.6 is 11.6 Å². The Balaban J connectivity index is 1.60. The van der Waals surface area contributed by atoms with Crippen LogP contribution in [0.3, 0.4) is 0 Å². The second-order valence-corrected chi connectivity index (χ2v) is 6.85. The molecule has 25 heavy (non-hydrogen) atoms. The highest BCUT2D eigenvalue weighted by atomic mass is 35.5. The molecule has 1 atom stereocenters. The number of hydrogen-bond donors (Lipinski definition) is 2. The molecule has 1 saturated carbocycles. The van der Waals surface area contributed by atoms with Gasteiger partial charge in [0.25, 0.3) is 0 Å². The summed E-state index contributed by atoms with van der Waals surface area (Å²) in [5, 5.41) is 6.76. The third kappa shape index (κ3) is 4.29. The number of nitrogens with zero attached hydrogens (tertiary/aromatic N) is 3. The van der Waals surface area contributed by atoms with Crippen LogP contribution in [0.5, 0.6) is 0 Å². The van der Waals surface area contributed by atoms with E-state index in [1.807, 2.05) is 4.90 Å². The van der Waals surface area contributed by atoms with E-state index in [0.29, 0.717) is 24.9 Å². The molecule has 2 aliphatic rings. The largest absolute Gasteiger partial charge is 0.417 e. The van der Waals surface area contributed by atoms with E-state index in [9.17, 15) is 13.2 Å². The van der Waals surface area contributed by atoms with Crippen LogP contribution in [0.2, 0.25) is 5.02 Å². The fraction of sp³-hybridized carbons (Fsp3) is 0.625. The summed E-state index contributed by atoms with van der Waals surface area (Å²) in [6, 6.07) is 1.56. The summed E-state index contributed by atoms with van der Waals surface area (Å²) in [5.74, 6) is 1.16. The molecule has 1 unspecified atom stereocenters. The van der Waals surface area contributed by atoms with Gasteiger partial charge < -0.3 is 15.5 Å². The quantitative estimate of drug-likeness (QED) is 0.630. The molecule has 1 aromatic heterocycles. The van der Waals surface area contributed by atoms with Gasteiger partial charge in [-0.15, -0.1) is 0 Å². The Morgan fingerprint density at radius 1 is 1.28 bits per heavy atom. The maximum absolute atomic E-state index is 12.7. The van der Waals surface area contributed by atoms with E-state index in [-0.39, 0.29) is 11.1 Å². The van der Waals surface area contributed by atoms with E-state index in [2.05, 4.69) is 20.6 Å². The summed E-state index contributed by atoms with van der Waals surface area (Å²) in [5.41, 5.74) is -0.833. The summed E-state index contributed by atoms with van der Waals surface area (Å²) in [6.07, 6.45) is 0.780. The van der Waals surface area contributed by atoms with Crippen LogP contribution in [0.4, 0.5) is 19.0 Å². The lowest BCUT2D eigenvalue weighted by atomic mass is 9.93. The van der Waals surface area contributed by atoms with Gasteiger partial charge in [0.15, 0.2) is 5.96 Å². The summed E-state index contributed by atoms with van der Waals surface area (Å²) in [4.78, 5) is 10.1. The van der Waals surface area contributed by atoms with Crippen LogP contribution in [-0.4, -0.2) is 43.2 Å². The van der Waals surface area contributed by atoms with Crippen molar-refractivity contribution in [3.05, 3.63) is 22.8 Å². The molecule has 0 amide bonds. The molecular formula is C16H21ClF3N5. The summed E-state index contributed by atoms with van der Waals surface area (Å²) in [7, 11) is 1.73. The molecule has 1 aliphatic heterocycles. The molecule has 138 valence electrons. The lowest BCUT2D eigenvalue weighted by Crippen LogP contribution is -2.50. The Bertz CT molecular complexity index is 645. The van der Waals surface area contributed by atoms with E-state index < -0.39 is 11.7 Å². The number of alkyl halides is 3. The van der Waals surface area contributed by atoms with Crippen LogP contribution in [0.1, 0.15) is 31.2 Å². The maximum Gasteiger partial charge on any atom is 0.417 e. The van der Waals surface area contributed by atoms with Crippen LogP contribution < -0.4 is 15.5 Å². The maximum atomic E-state index is 12.7. The number of nitrogens with one attached hydrogen (secondary N) is 2. The summed E-state index contributed by atoms with van der Waals surface area (Å²) >= 11 is 6.03. The van der Waals surface area contributed by atoms with Crippen molar-refractivity contribution in [2.75, 3.05) is 25.0 Å². The average Bonchev–Trinajstić information content (AvgIpc) is 2.96. The van der Waals surface area contributed by atoms with Gasteiger partial charge in [0, 0.05) is 38.4 Å². The van der Waals surface area contributed by atoms with E-state index in [4.69, 9.17) is 11.6 Å². The Hall–Kier alpha value is -1.70. The highest BCUT2D eigenvalue weighted by Crippen LogP contribution is 2.34. The van der Waals surface area contributed by atoms with Gasteiger partial charge in [-0.25, -0.2) is 4.98 Å². The fourth-order valence-corrected chi connectivity index (χ4v) is 3.28. The van der Waals surface area contributed by atoms with E-state index in [1.165, 1.54) is 6.42 Å². The van der Waals surface area contributed by atoms with Crippen LogP contribution in [-0.2, 0) is 6.18 Å². The topological polar surface area (TPSA) is 52.6 Å². The molecule has 0 bridgehead atoms. The highest BCUT2D eigenvalue weighted by molar-refractivity contribution is 6.33. The Morgan fingerprint density at radius 3 is 2.56 bits per heavy atom. The lowest BCUT2D eigenvalue weighted by molar-refractivity contribution is -0.137. The molecule has 3 rings (SSSR count). The number of halogens is 4. The van der Waals surface area contributed by atoms with E-state index in [0.717, 1.165) is 37.5 Å². The smallest absolute Gasteiger partial charge is 0.354 e. The first-order valence-electron chi connectivity index (χ1n) is 8.34. The van der Waals surface area contributed by atoms with Crippen molar-refractivity contribution < 1.29 is 13.2 Å². The van der Waals surface area contributed by atoms with Gasteiger partial charge in [-0.2, -0.15) is 13.2 Å². The lowest BCUT2D eigenvalue weighted by Gasteiger charge is -2.29. The minimum absolute atomic E-state index is 0.0208. The van der Waals surface area contributed by atoms with Gasteiger partial charge in [0.05, 0.1) is 10.6 Å². The number of pyridine rings is 1. The molecule has 0 aromatic carbocycles. The second-order valence-electron chi connectivity index (χ2n) is 6.45. The minimum atomic E-state index is -4.44. The fourth-order valence-electron chi connectivity index (χ4n) is 3.00. The molecule has 1 aromatic rings. The predicted octanol–water partition coefficient (Wildman–Crippen LogP) is 3.05. The van der Waals surface area contributed by atoms with Gasteiger partial charge in [-0.05, 0) is 31.7 Å². The highest BCUT2D eigenvalue weighted by Gasteiger charge is 2.33. The number of anilines is 1. The van der Waals surface area contributed by atoms with Crippen LogP contribution in [0, 0.1) is 0 Å². The van der Waals surface area contributed by atoms with Crippen molar-refractivity contribution in [2.24, 2.45) is 4.99 Å². The predicted molar refractivity (Wildman–Crippen MR) is 92.1 cm³/mol. The van der Waals surface area contributed by atoms with Gasteiger partial charge in [0.1, 0.15) is 5.82 Å². The first kappa shape index (κ1) is 18.1. The van der Waals surface area contributed by atoms with E-state index >= 15 is 0 Å². The zero-order valence-electron chi connectivity index (χ0n) is 13.9. The molecule has 2 fully saturated rings. The Kier molecular flexibility index (Phi) is 5.27. The second kappa shape index (κ2) is 7.27. The Morgan fingerprint density at radius 2 is 2.00 bits per heavy atom. The van der Waals surface area contributed by atoms with Crippen molar-refractivity contribution in [3.8, 4) is 0 Å². The molecule has 2 N–H and O–H groups in total. The number of rotatable bonds is 3. The molecule has 1 aliphatic carbocycles. The van der Waals surface area contributed by atoms with Crippen molar-refractivity contribution in [1.29, 1.82) is 0 Å². The van der Waals surface area contributed by atoms with Gasteiger partial charge in [-0.1, -0.05) is 11.6 Å². The van der Waals surface area contributed by atoms with Gasteiger partial charge >= 0.3 is 6.18 Å². The van der Waals surface area contributed by atoms with Crippen LogP contribution in [0.15, 0.2) is 17.3 Å². The van der Waals surface area contributed by atoms with Gasteiger partial charge in [0.2, 0.25) is 0 Å². The first-order chi connectivity index (χ1) is 11.9. The Labute approximate surface area is 149 Å². The monoisotopic (exact) mass is 375 g/mol. The number of aromatic nitrogens is 1. The van der Waals surface area contributed by atoms with Crippen molar-refractivity contribution in [3.63, 3.8) is 0 Å². The molecular weight excluding hydrogens is 355 g/mol. The molecule has 0 spiro atoms. The molecule has 9 heteroatoms. The number of guanidine groups is 1. The SMILES string of the molecule is CN=C(NC1CCC1)NC1CCN(c2ncc(C(F)(F)F)cc2Cl)C1. The van der Waals surface area contributed by atoms with Crippen molar-refractivity contribution in [2.45, 2.75) is 43.9 Å². The van der Waals surface area contributed by atoms with Crippen molar-refractivity contribution in [1.82, 2.24) is 15.6 Å². The van der Waals surface area contributed by atoms with Crippen LogP contribution in [0.25, 0.3) is 0 Å². The molecule has 0 radical (unpaired) electrons. The van der Waals surface area contributed by atoms with Gasteiger partial charge in [-0.3, -0.25) is 4.99 Å². The third-order valence-electron chi connectivity index (χ3n) is 4.65. The third-order valence-corrected chi connectivity index (χ3v) is 4.93. The average molecular weight is 376 g/mol. The number of aliphatic imine (C=N–C) groups is 1. The zero-order chi connectivity index (χ0) is 18.0. The number of hydrogen-bond acceptors (Lipinski definition) is 3. The first-order valence-corrected chi connectivity index (χ1v) is 8.72. The van der Waals surface area contributed by atoms with E-state index in [1.54, 1.807) is 7.05 Å². The zero-order valence-corrected chi connectivity index (χ0v) is 14.7. The summed E-state index contributed by atoms with van der Waals surface area (Å²) in [6.45, 7) is 1.29. The normalized spacial score (nSPS) is 22.0. The summed E-state index contributed by atoms with van der Waals surface area (Å²) < 4.78 is 38.2. The molecule has 5 nitrogen and oxygen atoms in total. The molecule has 2 heterocycles. The molecule has 1 saturated heterocycles. The minimum Gasteiger partial charge on any atom is -0.354 e. The standard InChI is InChI=1S/C16H21ClF3N5/c1-21-15(23-11-3-2-4-11)24-12-5-6-25(9-12)14-13(17)7-10(8-22-14)16(18,19)20/h7-8,11-12H,2-6,9H2,1H3,(H2,21,23,24).